The van der Waals surface area contributed by atoms with Crippen LogP contribution in [0.1, 0.15) is 105 Å². The van der Waals surface area contributed by atoms with E-state index >= 15 is 0 Å². The van der Waals surface area contributed by atoms with E-state index in [2.05, 4.69) is 162 Å². The smallest absolute Gasteiger partial charge is 0.872 e. The second-order valence-corrected chi connectivity index (χ2v) is 51.3. The first-order valence-electron chi connectivity index (χ1n) is 35.3. The third kappa shape index (κ3) is 34.8. The van der Waals surface area contributed by atoms with Gasteiger partial charge in [-0.2, -0.15) is 0 Å². The zero-order chi connectivity index (χ0) is 75.7. The van der Waals surface area contributed by atoms with Crippen molar-refractivity contribution in [3.8, 4) is 57.5 Å². The molecule has 0 spiro atoms. The van der Waals surface area contributed by atoms with Gasteiger partial charge in [0, 0.05) is 0 Å². The summed E-state index contributed by atoms with van der Waals surface area (Å²) in [4.78, 5) is 19.2. The maximum absolute atomic E-state index is 12.3. The van der Waals surface area contributed by atoms with Gasteiger partial charge in [-0.05, 0) is 127 Å². The Labute approximate surface area is 708 Å². The molecule has 0 aliphatic rings. The first kappa shape index (κ1) is 92.3. The van der Waals surface area contributed by atoms with Crippen molar-refractivity contribution in [2.24, 2.45) is 0 Å². The molecule has 0 saturated carbocycles. The van der Waals surface area contributed by atoms with Crippen molar-refractivity contribution in [3.05, 3.63) is 297 Å². The van der Waals surface area contributed by atoms with Crippen LogP contribution in [0.2, 0.25) is 78.6 Å². The number of benzene rings is 10. The van der Waals surface area contributed by atoms with Crippen LogP contribution in [-0.4, -0.2) is 32.9 Å². The molecule has 0 aliphatic heterocycles. The van der Waals surface area contributed by atoms with Gasteiger partial charge in [-0.1, -0.05) is 389 Å². The van der Waals surface area contributed by atoms with E-state index in [0.717, 1.165) is 91.0 Å². The van der Waals surface area contributed by atoms with Crippen LogP contribution in [0, 0.1) is 93.8 Å². The first-order chi connectivity index (χ1) is 47.5. The monoisotopic (exact) mass is 1780 g/mol. The molecular weight excluding hydrogens is 1670 g/mol. The molecule has 0 heterocycles. The van der Waals surface area contributed by atoms with E-state index in [1.807, 2.05) is 255 Å². The number of hydrogen-bond donors (Lipinski definition) is 0. The second kappa shape index (κ2) is 42.0. The molecule has 0 saturated heterocycles. The van der Waals surface area contributed by atoms with Gasteiger partial charge in [0.25, 0.3) is 0 Å². The van der Waals surface area contributed by atoms with E-state index < -0.39 is 32.9 Å². The van der Waals surface area contributed by atoms with E-state index in [1.165, 1.54) is 0 Å². The molecular formula is C88H114N4O6Si4Yb2. The van der Waals surface area contributed by atoms with E-state index in [1.54, 1.807) is 0 Å². The molecule has 0 bridgehead atoms. The molecule has 104 heavy (non-hydrogen) atoms. The van der Waals surface area contributed by atoms with Crippen molar-refractivity contribution in [1.29, 1.82) is 0 Å². The fraction of sp³-hybridized carbons (Fsp3) is 0.318. The molecule has 10 aromatic carbocycles. The normalized spacial score (nSPS) is 11.4. The quantitative estimate of drug-likeness (QED) is 0.0883. The molecule has 0 aliphatic carbocycles. The van der Waals surface area contributed by atoms with Gasteiger partial charge in [0.15, 0.2) is 0 Å². The van der Waals surface area contributed by atoms with Crippen LogP contribution in [0.3, 0.4) is 0 Å². The Morgan fingerprint density at radius 1 is 0.221 bits per heavy atom. The van der Waals surface area contributed by atoms with E-state index in [9.17, 15) is 10.2 Å². The Morgan fingerprint density at radius 3 is 0.529 bits per heavy atom. The molecule has 2 radical (unpaired) electrons. The summed E-state index contributed by atoms with van der Waals surface area (Å²) < 4.78 is 23.5. The van der Waals surface area contributed by atoms with Crippen molar-refractivity contribution in [2.45, 2.75) is 183 Å². The van der Waals surface area contributed by atoms with Gasteiger partial charge in [0.2, 0.25) is 0 Å². The standard InChI is InChI=1S/4C15H18NOSi.2C14H22O.2Yb/c4*1-18(2,3)16-14-11-7-8-12-15(14)17-13-9-5-4-6-10-13;2*1-13(2,3)10-8-7-9-11(12(10)15)14(4,5)6;;/h4*4-12H,1-3H3;2*7-9,15H,1-6H3;;/q4*-1;;;2*+3/p-2. The number of para-hydroxylation sites is 10. The van der Waals surface area contributed by atoms with Crippen LogP contribution in [0.15, 0.2) is 255 Å². The van der Waals surface area contributed by atoms with Gasteiger partial charge in [0.05, 0.1) is 0 Å². The van der Waals surface area contributed by atoms with Crippen LogP contribution in [0.4, 0.5) is 22.7 Å². The first-order valence-corrected chi connectivity index (χ1v) is 49.1. The van der Waals surface area contributed by atoms with Crippen LogP contribution in [-0.2, 0) is 21.7 Å². The third-order valence-electron chi connectivity index (χ3n) is 14.4. The summed E-state index contributed by atoms with van der Waals surface area (Å²) in [7, 11) is -6.01. The molecule has 566 valence electrons. The molecule has 0 fully saturated rings. The van der Waals surface area contributed by atoms with Crippen LogP contribution < -0.4 is 29.2 Å². The van der Waals surface area contributed by atoms with Gasteiger partial charge < -0.3 is 49.1 Å². The van der Waals surface area contributed by atoms with Gasteiger partial charge >= 0.3 is 93.8 Å². The van der Waals surface area contributed by atoms with Gasteiger partial charge in [-0.25, -0.2) is 0 Å². The van der Waals surface area contributed by atoms with Crippen LogP contribution in [0.5, 0.6) is 57.5 Å². The van der Waals surface area contributed by atoms with E-state index in [-0.39, 0.29) is 127 Å². The minimum absolute atomic E-state index is 0. The maximum atomic E-state index is 12.3. The summed E-state index contributed by atoms with van der Waals surface area (Å²) in [6.07, 6.45) is 0. The molecule has 16 heteroatoms. The summed E-state index contributed by atoms with van der Waals surface area (Å²) >= 11 is 0. The second-order valence-electron chi connectivity index (χ2n) is 33.0. The summed E-state index contributed by atoms with van der Waals surface area (Å²) in [5.74, 6) is 7.09. The number of nitrogens with zero attached hydrogens (tertiary/aromatic N) is 4. The maximum Gasteiger partial charge on any atom is 3.00 e. The Hall–Kier alpha value is -5.89. The van der Waals surface area contributed by atoms with Crippen LogP contribution >= 0.6 is 0 Å². The van der Waals surface area contributed by atoms with E-state index in [0.29, 0.717) is 0 Å². The SMILES string of the molecule is CC(C)(C)c1cccc(C(C)(C)C)c1[O-].CC(C)(C)c1cccc(C(C)(C)C)c1[O-].C[Si](C)(C)[N-]c1ccccc1Oc1ccccc1.C[Si](C)(C)[N-]c1ccccc1Oc1ccccc1.C[Si](C)(C)[N-]c1ccccc1Oc1ccccc1.C[Si](C)(C)[N-]c1ccccc1Oc1ccccc1.[Yb+3].[Yb+3]. The molecule has 0 N–H and O–H groups in total. The van der Waals surface area contributed by atoms with Crippen molar-refractivity contribution in [2.75, 3.05) is 0 Å². The Bertz CT molecular complexity index is 3590. The molecule has 0 unspecified atom stereocenters. The van der Waals surface area contributed by atoms with Gasteiger partial charge in [-0.3, -0.25) is 0 Å². The summed E-state index contributed by atoms with van der Waals surface area (Å²) in [5, 5.41) is 24.5. The Morgan fingerprint density at radius 2 is 0.375 bits per heavy atom. The summed E-state index contributed by atoms with van der Waals surface area (Å²) in [6.45, 7) is 51.5. The van der Waals surface area contributed by atoms with Crippen molar-refractivity contribution in [3.63, 3.8) is 0 Å². The molecule has 0 amide bonds. The van der Waals surface area contributed by atoms with Gasteiger partial charge in [0.1, 0.15) is 46.0 Å². The number of ether oxygens (including phenoxy) is 4. The topological polar surface area (TPSA) is 139 Å². The summed E-state index contributed by atoms with van der Waals surface area (Å²) in [6, 6.07) is 82.8. The molecule has 10 rings (SSSR count). The third-order valence-corrected chi connectivity index (χ3v) is 18.1. The van der Waals surface area contributed by atoms with Crippen LogP contribution in [0.25, 0.3) is 19.9 Å². The predicted molar refractivity (Wildman–Crippen MR) is 444 cm³/mol. The Balaban J connectivity index is 0.000000324. The molecule has 0 aromatic heterocycles. The van der Waals surface area contributed by atoms with Crippen molar-refractivity contribution < 1.29 is 123 Å². The fourth-order valence-corrected chi connectivity index (χ4v) is 13.5. The average Bonchev–Trinajstić information content (AvgIpc) is 0.804. The minimum Gasteiger partial charge on any atom is -0.872 e. The minimum atomic E-state index is -1.50. The molecule has 0 atom stereocenters. The van der Waals surface area contributed by atoms with E-state index in [4.69, 9.17) is 38.9 Å². The number of rotatable bonds is 16. The van der Waals surface area contributed by atoms with Gasteiger partial charge in [-0.15, -0.1) is 11.5 Å². The predicted octanol–water partition coefficient (Wildman–Crippen LogP) is 28.0. The largest absolute Gasteiger partial charge is 3.00 e. The van der Waals surface area contributed by atoms with Crippen molar-refractivity contribution >= 4 is 55.7 Å². The molecule has 10 aromatic rings. The number of hydrogen-bond acceptors (Lipinski definition) is 6. The van der Waals surface area contributed by atoms with Crippen molar-refractivity contribution in [1.82, 2.24) is 0 Å². The Kier molecular flexibility index (Phi) is 37.3. The molecule has 10 nitrogen and oxygen atoms in total. The zero-order valence-corrected chi connectivity index (χ0v) is 73.5. The average molecular weight is 1780 g/mol. The fourth-order valence-electron chi connectivity index (χ4n) is 9.89. The zero-order valence-electron chi connectivity index (χ0n) is 66.0. The summed E-state index contributed by atoms with van der Waals surface area (Å²) in [5.41, 5.74) is 7.14.